The number of nitrogens with zero attached hydrogens (tertiary/aromatic N) is 4. The zero-order valence-corrected chi connectivity index (χ0v) is 18.7. The van der Waals surface area contributed by atoms with E-state index in [2.05, 4.69) is 30.6 Å². The molecule has 4 rings (SSSR count). The summed E-state index contributed by atoms with van der Waals surface area (Å²) in [7, 11) is -3.26. The third-order valence-electron chi connectivity index (χ3n) is 4.49. The second-order valence-corrected chi connectivity index (χ2v) is 9.92. The number of pyridine rings is 1. The number of nitrogens with one attached hydrogen (secondary N) is 2. The van der Waals surface area contributed by atoms with Crippen LogP contribution in [0.15, 0.2) is 47.5 Å². The zero-order chi connectivity index (χ0) is 22.9. The van der Waals surface area contributed by atoms with E-state index in [1.807, 2.05) is 6.07 Å². The lowest BCUT2D eigenvalue weighted by Crippen LogP contribution is -2.06. The first-order chi connectivity index (χ1) is 15.2. The summed E-state index contributed by atoms with van der Waals surface area (Å²) >= 11 is 0.996. The number of aryl methyl sites for hydroxylation is 1. The van der Waals surface area contributed by atoms with Crippen molar-refractivity contribution in [2.45, 2.75) is 18.4 Å². The van der Waals surface area contributed by atoms with Crippen molar-refractivity contribution in [3.63, 3.8) is 0 Å². The van der Waals surface area contributed by atoms with Crippen LogP contribution in [0, 0.1) is 6.92 Å². The molecule has 0 radical (unpaired) electrons. The topological polar surface area (TPSA) is 147 Å². The summed E-state index contributed by atoms with van der Waals surface area (Å²) in [5.41, 5.74) is 1.72. The third-order valence-corrected chi connectivity index (χ3v) is 6.68. The van der Waals surface area contributed by atoms with E-state index >= 15 is 0 Å². The van der Waals surface area contributed by atoms with Crippen molar-refractivity contribution in [1.82, 2.24) is 19.9 Å². The Morgan fingerprint density at radius 1 is 1.12 bits per heavy atom. The summed E-state index contributed by atoms with van der Waals surface area (Å²) in [6.07, 6.45) is 2.78. The van der Waals surface area contributed by atoms with Crippen molar-refractivity contribution in [3.05, 3.63) is 58.7 Å². The van der Waals surface area contributed by atoms with E-state index < -0.39 is 15.8 Å². The average molecular weight is 471 g/mol. The summed E-state index contributed by atoms with van der Waals surface area (Å²) in [4.78, 5) is 29.0. The van der Waals surface area contributed by atoms with Gasteiger partial charge in [0.15, 0.2) is 20.6 Å². The van der Waals surface area contributed by atoms with Gasteiger partial charge in [0.05, 0.1) is 16.0 Å². The molecular weight excluding hydrogens is 452 g/mol. The van der Waals surface area contributed by atoms with Gasteiger partial charge in [-0.2, -0.15) is 9.97 Å². The predicted octanol–water partition coefficient (Wildman–Crippen LogP) is 3.25. The van der Waals surface area contributed by atoms with Crippen molar-refractivity contribution in [1.29, 1.82) is 0 Å². The van der Waals surface area contributed by atoms with Crippen LogP contribution in [0.2, 0.25) is 0 Å². The Morgan fingerprint density at radius 3 is 2.53 bits per heavy atom. The van der Waals surface area contributed by atoms with Crippen molar-refractivity contribution < 1.29 is 18.3 Å². The number of rotatable bonds is 7. The molecule has 10 nitrogen and oxygen atoms in total. The van der Waals surface area contributed by atoms with Crippen LogP contribution >= 0.6 is 11.3 Å². The average Bonchev–Trinajstić information content (AvgIpc) is 3.12. The minimum absolute atomic E-state index is 0.141. The highest BCUT2D eigenvalue weighted by atomic mass is 32.2. The molecule has 0 aliphatic carbocycles. The molecule has 0 atom stereocenters. The molecule has 0 unspecified atom stereocenters. The van der Waals surface area contributed by atoms with E-state index in [9.17, 15) is 18.3 Å². The molecule has 32 heavy (non-hydrogen) atoms. The van der Waals surface area contributed by atoms with Crippen LogP contribution < -0.4 is 10.6 Å². The largest absolute Gasteiger partial charge is 0.477 e. The molecule has 0 aliphatic heterocycles. The molecule has 0 bridgehead atoms. The van der Waals surface area contributed by atoms with E-state index in [0.717, 1.165) is 23.2 Å². The number of benzene rings is 1. The van der Waals surface area contributed by atoms with E-state index in [1.54, 1.807) is 43.5 Å². The monoisotopic (exact) mass is 470 g/mol. The fourth-order valence-electron chi connectivity index (χ4n) is 2.94. The molecule has 3 aromatic heterocycles. The molecule has 164 valence electrons. The summed E-state index contributed by atoms with van der Waals surface area (Å²) in [5.74, 6) is -0.306. The lowest BCUT2D eigenvalue weighted by molar-refractivity contribution is 0.0701. The Hall–Kier alpha value is -3.64. The first-order valence-corrected chi connectivity index (χ1v) is 12.0. The number of carboxylic acid groups (broad SMARTS) is 1. The standard InChI is InChI=1S/C20H18N6O4S2/c1-11-15(18(27)28)31-20(23-11)26-19-24-16-14(4-3-9-21-16)17(25-19)22-10-12-5-7-13(8-6-12)32(2,29)30/h3-9H,10H2,1-2H3,(H,27,28)(H2,21,22,23,24,25,26). The van der Waals surface area contributed by atoms with Crippen molar-refractivity contribution in [2.75, 3.05) is 16.9 Å². The number of fused-ring (bicyclic) bond motifs is 1. The van der Waals surface area contributed by atoms with Gasteiger partial charge in [0.2, 0.25) is 5.95 Å². The van der Waals surface area contributed by atoms with Gasteiger partial charge in [-0.3, -0.25) is 5.32 Å². The first kappa shape index (κ1) is 21.6. The normalized spacial score (nSPS) is 11.4. The van der Waals surface area contributed by atoms with Gasteiger partial charge in [-0.25, -0.2) is 23.2 Å². The van der Waals surface area contributed by atoms with Gasteiger partial charge < -0.3 is 10.4 Å². The number of aromatic carboxylic acids is 1. The van der Waals surface area contributed by atoms with E-state index in [4.69, 9.17) is 0 Å². The highest BCUT2D eigenvalue weighted by Gasteiger charge is 2.16. The van der Waals surface area contributed by atoms with E-state index in [1.165, 1.54) is 0 Å². The molecular formula is C20H18N6O4S2. The van der Waals surface area contributed by atoms with Gasteiger partial charge in [-0.15, -0.1) is 0 Å². The summed E-state index contributed by atoms with van der Waals surface area (Å²) in [6.45, 7) is 2.01. The smallest absolute Gasteiger partial charge is 0.347 e. The predicted molar refractivity (Wildman–Crippen MR) is 121 cm³/mol. The van der Waals surface area contributed by atoms with Crippen LogP contribution in [0.3, 0.4) is 0 Å². The van der Waals surface area contributed by atoms with Crippen LogP contribution in [-0.2, 0) is 16.4 Å². The number of anilines is 3. The zero-order valence-electron chi connectivity index (χ0n) is 17.0. The van der Waals surface area contributed by atoms with E-state index in [0.29, 0.717) is 34.2 Å². The lowest BCUT2D eigenvalue weighted by atomic mass is 10.2. The van der Waals surface area contributed by atoms with Crippen molar-refractivity contribution in [3.8, 4) is 0 Å². The first-order valence-electron chi connectivity index (χ1n) is 9.34. The highest BCUT2D eigenvalue weighted by molar-refractivity contribution is 7.90. The van der Waals surface area contributed by atoms with Gasteiger partial charge in [-0.1, -0.05) is 23.5 Å². The van der Waals surface area contributed by atoms with Crippen LogP contribution in [0.1, 0.15) is 20.9 Å². The van der Waals surface area contributed by atoms with Gasteiger partial charge in [-0.05, 0) is 36.8 Å². The number of thiazole rings is 1. The molecule has 12 heteroatoms. The van der Waals surface area contributed by atoms with Crippen molar-refractivity contribution in [2.24, 2.45) is 0 Å². The minimum atomic E-state index is -3.26. The molecule has 3 N–H and O–H groups in total. The molecule has 0 spiro atoms. The van der Waals surface area contributed by atoms with Crippen LogP contribution in [0.5, 0.6) is 0 Å². The number of carbonyl (C=O) groups is 1. The minimum Gasteiger partial charge on any atom is -0.477 e. The second kappa shape index (κ2) is 8.48. The SMILES string of the molecule is Cc1nc(Nc2nc(NCc3ccc(S(C)(=O)=O)cc3)c3cccnc3n2)sc1C(=O)O. The second-order valence-electron chi connectivity index (χ2n) is 6.90. The summed E-state index contributed by atoms with van der Waals surface area (Å²) in [5, 5.41) is 16.5. The van der Waals surface area contributed by atoms with Crippen LogP contribution in [-0.4, -0.2) is 45.7 Å². The maximum atomic E-state index is 11.6. The van der Waals surface area contributed by atoms with Crippen LogP contribution in [0.4, 0.5) is 16.9 Å². The van der Waals surface area contributed by atoms with Gasteiger partial charge in [0, 0.05) is 19.0 Å². The molecule has 0 aliphatic rings. The molecule has 0 amide bonds. The maximum Gasteiger partial charge on any atom is 0.347 e. The molecule has 1 aromatic carbocycles. The Balaban J connectivity index is 1.61. The van der Waals surface area contributed by atoms with E-state index in [-0.39, 0.29) is 15.7 Å². The third kappa shape index (κ3) is 4.65. The molecule has 0 saturated heterocycles. The van der Waals surface area contributed by atoms with Gasteiger partial charge in [0.25, 0.3) is 0 Å². The molecule has 0 fully saturated rings. The summed E-state index contributed by atoms with van der Waals surface area (Å²) in [6, 6.07) is 10.2. The van der Waals surface area contributed by atoms with Gasteiger partial charge in [0.1, 0.15) is 10.7 Å². The van der Waals surface area contributed by atoms with Crippen LogP contribution in [0.25, 0.3) is 11.0 Å². The molecule has 4 aromatic rings. The highest BCUT2D eigenvalue weighted by Crippen LogP contribution is 2.27. The number of carboxylic acids is 1. The Kier molecular flexibility index (Phi) is 5.72. The van der Waals surface area contributed by atoms with Crippen molar-refractivity contribution >= 4 is 55.1 Å². The quantitative estimate of drug-likeness (QED) is 0.368. The Labute approximate surface area is 187 Å². The van der Waals surface area contributed by atoms with Gasteiger partial charge >= 0.3 is 5.97 Å². The Morgan fingerprint density at radius 2 is 1.88 bits per heavy atom. The Bertz CT molecular complexity index is 1420. The fourth-order valence-corrected chi connectivity index (χ4v) is 4.37. The lowest BCUT2D eigenvalue weighted by Gasteiger charge is -2.11. The number of hydrogen-bond donors (Lipinski definition) is 3. The summed E-state index contributed by atoms with van der Waals surface area (Å²) < 4.78 is 23.3. The number of hydrogen-bond acceptors (Lipinski definition) is 10. The molecule has 3 heterocycles. The fraction of sp³-hybridized carbons (Fsp3) is 0.150. The number of aromatic nitrogens is 4. The maximum absolute atomic E-state index is 11.6. The molecule has 0 saturated carbocycles. The number of sulfone groups is 1.